The van der Waals surface area contributed by atoms with Gasteiger partial charge in [0, 0.05) is 19.1 Å². The summed E-state index contributed by atoms with van der Waals surface area (Å²) in [6.07, 6.45) is 1.18. The van der Waals surface area contributed by atoms with Gasteiger partial charge in [-0.3, -0.25) is 9.69 Å². The van der Waals surface area contributed by atoms with Crippen LogP contribution >= 0.6 is 0 Å². The summed E-state index contributed by atoms with van der Waals surface area (Å²) in [7, 11) is 1.69. The normalized spacial score (nSPS) is 27.5. The van der Waals surface area contributed by atoms with E-state index < -0.39 is 0 Å². The van der Waals surface area contributed by atoms with Crippen LogP contribution in [0.2, 0.25) is 0 Å². The van der Waals surface area contributed by atoms with Crippen molar-refractivity contribution in [2.45, 2.75) is 32.7 Å². The topological polar surface area (TPSA) is 32.3 Å². The van der Waals surface area contributed by atoms with Gasteiger partial charge in [0.25, 0.3) is 0 Å². The molecular formula is C10H20N2O. The van der Waals surface area contributed by atoms with E-state index in [1.165, 1.54) is 6.42 Å². The Hall–Kier alpha value is -0.570. The number of amides is 1. The summed E-state index contributed by atoms with van der Waals surface area (Å²) in [6, 6.07) is 0. The van der Waals surface area contributed by atoms with Crippen LogP contribution in [0.1, 0.15) is 27.2 Å². The Morgan fingerprint density at radius 1 is 1.62 bits per heavy atom. The van der Waals surface area contributed by atoms with E-state index >= 15 is 0 Å². The van der Waals surface area contributed by atoms with Crippen LogP contribution in [0.3, 0.4) is 0 Å². The van der Waals surface area contributed by atoms with Crippen LogP contribution in [0.25, 0.3) is 0 Å². The van der Waals surface area contributed by atoms with Crippen molar-refractivity contribution in [1.82, 2.24) is 10.2 Å². The smallest absolute Gasteiger partial charge is 0.233 e. The quantitative estimate of drug-likeness (QED) is 0.690. The minimum atomic E-state index is 0.113. The lowest BCUT2D eigenvalue weighted by molar-refractivity contribution is -0.122. The number of hydrogen-bond acceptors (Lipinski definition) is 2. The van der Waals surface area contributed by atoms with Crippen LogP contribution in [0, 0.1) is 5.92 Å². The number of nitrogens with one attached hydrogen (secondary N) is 1. The summed E-state index contributed by atoms with van der Waals surface area (Å²) in [4.78, 5) is 13.5. The highest BCUT2D eigenvalue weighted by Gasteiger charge is 2.36. The van der Waals surface area contributed by atoms with Crippen molar-refractivity contribution in [3.8, 4) is 0 Å². The third-order valence-electron chi connectivity index (χ3n) is 2.85. The molecular weight excluding hydrogens is 164 g/mol. The third kappa shape index (κ3) is 2.44. The Balaban J connectivity index is 2.55. The largest absolute Gasteiger partial charge is 0.358 e. The Kier molecular flexibility index (Phi) is 2.96. The third-order valence-corrected chi connectivity index (χ3v) is 2.85. The van der Waals surface area contributed by atoms with Crippen molar-refractivity contribution >= 4 is 5.91 Å². The Morgan fingerprint density at radius 2 is 2.23 bits per heavy atom. The minimum Gasteiger partial charge on any atom is -0.358 e. The molecule has 1 N–H and O–H groups in total. The van der Waals surface area contributed by atoms with Crippen LogP contribution in [0.5, 0.6) is 0 Å². The van der Waals surface area contributed by atoms with E-state index in [9.17, 15) is 4.79 Å². The second kappa shape index (κ2) is 3.66. The molecule has 0 saturated carbocycles. The standard InChI is InChI=1S/C10H20N2O/c1-8-5-10(2,3)12(6-8)7-9(13)11-4/h8H,5-7H2,1-4H3,(H,11,13). The molecule has 1 rings (SSSR count). The summed E-state index contributed by atoms with van der Waals surface area (Å²) < 4.78 is 0. The van der Waals surface area contributed by atoms with Crippen LogP contribution in [0.15, 0.2) is 0 Å². The molecule has 3 heteroatoms. The highest BCUT2D eigenvalue weighted by molar-refractivity contribution is 5.77. The molecule has 0 aromatic rings. The first-order valence-electron chi connectivity index (χ1n) is 4.91. The molecule has 0 aliphatic carbocycles. The van der Waals surface area contributed by atoms with Gasteiger partial charge in [-0.25, -0.2) is 0 Å². The Bertz CT molecular complexity index is 201. The molecule has 0 aromatic heterocycles. The van der Waals surface area contributed by atoms with E-state index in [0.717, 1.165) is 6.54 Å². The predicted octanol–water partition coefficient (Wildman–Crippen LogP) is 0.853. The van der Waals surface area contributed by atoms with E-state index in [-0.39, 0.29) is 11.4 Å². The van der Waals surface area contributed by atoms with E-state index in [1.54, 1.807) is 7.05 Å². The molecule has 0 aromatic carbocycles. The van der Waals surface area contributed by atoms with Crippen molar-refractivity contribution in [1.29, 1.82) is 0 Å². The van der Waals surface area contributed by atoms with E-state index in [1.807, 2.05) is 0 Å². The molecule has 1 unspecified atom stereocenters. The van der Waals surface area contributed by atoms with E-state index in [2.05, 4.69) is 31.0 Å². The number of likely N-dealkylation sites (tertiary alicyclic amines) is 1. The number of hydrogen-bond donors (Lipinski definition) is 1. The van der Waals surface area contributed by atoms with E-state index in [4.69, 9.17) is 0 Å². The van der Waals surface area contributed by atoms with Gasteiger partial charge in [0.15, 0.2) is 0 Å². The summed E-state index contributed by atoms with van der Waals surface area (Å²) >= 11 is 0. The maximum absolute atomic E-state index is 11.2. The Morgan fingerprint density at radius 3 is 2.62 bits per heavy atom. The average molecular weight is 184 g/mol. The monoisotopic (exact) mass is 184 g/mol. The number of carbonyl (C=O) groups excluding carboxylic acids is 1. The number of nitrogens with zero attached hydrogens (tertiary/aromatic N) is 1. The van der Waals surface area contributed by atoms with Gasteiger partial charge in [0.05, 0.1) is 6.54 Å². The van der Waals surface area contributed by atoms with Crippen LogP contribution in [-0.4, -0.2) is 36.5 Å². The lowest BCUT2D eigenvalue weighted by Crippen LogP contribution is -2.44. The maximum Gasteiger partial charge on any atom is 0.233 e. The molecule has 1 fully saturated rings. The lowest BCUT2D eigenvalue weighted by Gasteiger charge is -2.30. The summed E-state index contributed by atoms with van der Waals surface area (Å²) in [5, 5.41) is 2.66. The fraction of sp³-hybridized carbons (Fsp3) is 0.900. The van der Waals surface area contributed by atoms with Crippen molar-refractivity contribution in [2.24, 2.45) is 5.92 Å². The van der Waals surface area contributed by atoms with Gasteiger partial charge in [0.1, 0.15) is 0 Å². The first-order chi connectivity index (χ1) is 5.95. The summed E-state index contributed by atoms with van der Waals surface area (Å²) in [6.45, 7) is 8.23. The number of rotatable bonds is 2. The van der Waals surface area contributed by atoms with Crippen LogP contribution in [0.4, 0.5) is 0 Å². The van der Waals surface area contributed by atoms with Gasteiger partial charge in [0.2, 0.25) is 5.91 Å². The van der Waals surface area contributed by atoms with Gasteiger partial charge in [-0.1, -0.05) is 6.92 Å². The average Bonchev–Trinajstić information content (AvgIpc) is 2.24. The summed E-state index contributed by atoms with van der Waals surface area (Å²) in [5.41, 5.74) is 0.186. The molecule has 1 aliphatic heterocycles. The maximum atomic E-state index is 11.2. The molecule has 1 atom stereocenters. The minimum absolute atomic E-state index is 0.113. The molecule has 1 heterocycles. The highest BCUT2D eigenvalue weighted by Crippen LogP contribution is 2.31. The zero-order valence-corrected chi connectivity index (χ0v) is 9.05. The molecule has 1 saturated heterocycles. The molecule has 0 bridgehead atoms. The van der Waals surface area contributed by atoms with Gasteiger partial charge >= 0.3 is 0 Å². The second-order valence-electron chi connectivity index (χ2n) is 4.68. The number of carbonyl (C=O) groups is 1. The molecule has 13 heavy (non-hydrogen) atoms. The predicted molar refractivity (Wildman–Crippen MR) is 53.5 cm³/mol. The highest BCUT2D eigenvalue weighted by atomic mass is 16.1. The van der Waals surface area contributed by atoms with Crippen molar-refractivity contribution in [2.75, 3.05) is 20.1 Å². The molecule has 1 aliphatic rings. The molecule has 76 valence electrons. The van der Waals surface area contributed by atoms with Crippen molar-refractivity contribution < 1.29 is 4.79 Å². The fourth-order valence-electron chi connectivity index (χ4n) is 2.20. The molecule has 0 radical (unpaired) electrons. The molecule has 0 spiro atoms. The first-order valence-corrected chi connectivity index (χ1v) is 4.91. The van der Waals surface area contributed by atoms with Crippen LogP contribution in [-0.2, 0) is 4.79 Å². The zero-order valence-electron chi connectivity index (χ0n) is 9.05. The SMILES string of the molecule is CNC(=O)CN1CC(C)CC1(C)C. The van der Waals surface area contributed by atoms with Crippen molar-refractivity contribution in [3.05, 3.63) is 0 Å². The first kappa shape index (κ1) is 10.5. The molecule has 3 nitrogen and oxygen atoms in total. The molecule has 1 amide bonds. The number of likely N-dealkylation sites (N-methyl/N-ethyl adjacent to an activating group) is 1. The fourth-order valence-corrected chi connectivity index (χ4v) is 2.20. The lowest BCUT2D eigenvalue weighted by atomic mass is 9.98. The van der Waals surface area contributed by atoms with Gasteiger partial charge in [-0.05, 0) is 26.2 Å². The van der Waals surface area contributed by atoms with Gasteiger partial charge in [-0.2, -0.15) is 0 Å². The van der Waals surface area contributed by atoms with Crippen molar-refractivity contribution in [3.63, 3.8) is 0 Å². The van der Waals surface area contributed by atoms with E-state index in [0.29, 0.717) is 12.5 Å². The zero-order chi connectivity index (χ0) is 10.1. The van der Waals surface area contributed by atoms with Gasteiger partial charge < -0.3 is 5.32 Å². The van der Waals surface area contributed by atoms with Gasteiger partial charge in [-0.15, -0.1) is 0 Å². The second-order valence-corrected chi connectivity index (χ2v) is 4.68. The van der Waals surface area contributed by atoms with Crippen LogP contribution < -0.4 is 5.32 Å². The Labute approximate surface area is 80.5 Å². The summed E-state index contributed by atoms with van der Waals surface area (Å²) in [5.74, 6) is 0.821.